The maximum absolute atomic E-state index is 12.8. The summed E-state index contributed by atoms with van der Waals surface area (Å²) in [6, 6.07) is 14.0. The van der Waals surface area contributed by atoms with Crippen LogP contribution in [0, 0.1) is 0 Å². The van der Waals surface area contributed by atoms with E-state index in [2.05, 4.69) is 17.1 Å². The second-order valence-electron chi connectivity index (χ2n) is 7.15. The number of thiophene rings is 1. The molecule has 0 saturated carbocycles. The first-order valence-corrected chi connectivity index (χ1v) is 12.0. The Hall–Kier alpha value is -2.22. The molecule has 3 heterocycles. The summed E-state index contributed by atoms with van der Waals surface area (Å²) in [5.41, 5.74) is 1.72. The van der Waals surface area contributed by atoms with Crippen LogP contribution in [-0.2, 0) is 11.2 Å². The molecule has 5 nitrogen and oxygen atoms in total. The van der Waals surface area contributed by atoms with Gasteiger partial charge in [0.2, 0.25) is 5.91 Å². The van der Waals surface area contributed by atoms with Crippen molar-refractivity contribution in [1.29, 1.82) is 0 Å². The summed E-state index contributed by atoms with van der Waals surface area (Å²) >= 11 is 8.90. The Morgan fingerprint density at radius 2 is 1.73 bits per heavy atom. The normalized spacial score (nSPS) is 14.2. The molecule has 8 heteroatoms. The molecule has 0 unspecified atom stereocenters. The first kappa shape index (κ1) is 21.0. The van der Waals surface area contributed by atoms with Crippen LogP contribution in [0.15, 0.2) is 47.8 Å². The first-order valence-electron chi connectivity index (χ1n) is 9.92. The quantitative estimate of drug-likeness (QED) is 0.530. The van der Waals surface area contributed by atoms with Crippen LogP contribution in [-0.4, -0.2) is 52.8 Å². The van der Waals surface area contributed by atoms with Gasteiger partial charge in [-0.15, -0.1) is 22.7 Å². The molecule has 1 aliphatic heterocycles. The average Bonchev–Trinajstić information content (AvgIpc) is 3.43. The summed E-state index contributed by atoms with van der Waals surface area (Å²) in [4.78, 5) is 34.4. The summed E-state index contributed by atoms with van der Waals surface area (Å²) in [7, 11) is 0. The fourth-order valence-electron chi connectivity index (χ4n) is 3.48. The van der Waals surface area contributed by atoms with E-state index in [1.54, 1.807) is 10.3 Å². The van der Waals surface area contributed by atoms with Crippen LogP contribution in [0.2, 0.25) is 4.34 Å². The van der Waals surface area contributed by atoms with Crippen molar-refractivity contribution in [2.75, 3.05) is 26.2 Å². The van der Waals surface area contributed by atoms with Crippen LogP contribution in [0.3, 0.4) is 0 Å². The zero-order valence-corrected chi connectivity index (χ0v) is 18.8. The number of halogens is 1. The summed E-state index contributed by atoms with van der Waals surface area (Å²) in [5.74, 6) is 0.0971. The molecule has 4 rings (SSSR count). The van der Waals surface area contributed by atoms with Crippen molar-refractivity contribution in [3.05, 3.63) is 63.4 Å². The second-order valence-corrected chi connectivity index (χ2v) is 9.73. The van der Waals surface area contributed by atoms with Gasteiger partial charge in [0.25, 0.3) is 5.91 Å². The summed E-state index contributed by atoms with van der Waals surface area (Å²) in [5, 5.41) is 2.61. The van der Waals surface area contributed by atoms with Crippen LogP contribution < -0.4 is 0 Å². The maximum atomic E-state index is 12.8. The van der Waals surface area contributed by atoms with Crippen LogP contribution in [0.1, 0.15) is 28.9 Å². The van der Waals surface area contributed by atoms with Crippen molar-refractivity contribution in [3.63, 3.8) is 0 Å². The Bertz CT molecular complexity index is 1010. The van der Waals surface area contributed by atoms with Gasteiger partial charge < -0.3 is 9.80 Å². The fraction of sp³-hybridized carbons (Fsp3) is 0.318. The van der Waals surface area contributed by atoms with Gasteiger partial charge in [0.1, 0.15) is 10.7 Å². The van der Waals surface area contributed by atoms with Crippen LogP contribution in [0.5, 0.6) is 0 Å². The van der Waals surface area contributed by atoms with Crippen molar-refractivity contribution in [3.8, 4) is 9.88 Å². The standard InChI is InChI=1S/C22H22ClN3O2S2/c23-19-10-9-18(30-19)21-24-17(15-29-21)22(28)26-13-11-25(12-14-26)20(27)8-4-7-16-5-2-1-3-6-16/h1-3,5-6,9-10,15H,4,7-8,11-14H2. The highest BCUT2D eigenvalue weighted by Gasteiger charge is 2.26. The van der Waals surface area contributed by atoms with E-state index in [-0.39, 0.29) is 11.8 Å². The Kier molecular flexibility index (Phi) is 6.82. The third kappa shape index (κ3) is 5.09. The molecule has 3 aromatic rings. The largest absolute Gasteiger partial charge is 0.339 e. The number of rotatable bonds is 6. The molecular weight excluding hydrogens is 438 g/mol. The highest BCUT2D eigenvalue weighted by Crippen LogP contribution is 2.33. The molecule has 2 amide bonds. The van der Waals surface area contributed by atoms with Crippen molar-refractivity contribution >= 4 is 46.1 Å². The molecule has 1 aromatic carbocycles. The van der Waals surface area contributed by atoms with Gasteiger partial charge >= 0.3 is 0 Å². The molecule has 0 aliphatic carbocycles. The number of amides is 2. The second kappa shape index (κ2) is 9.73. The number of hydrogen-bond donors (Lipinski definition) is 0. The van der Waals surface area contributed by atoms with E-state index in [9.17, 15) is 9.59 Å². The highest BCUT2D eigenvalue weighted by molar-refractivity contribution is 7.23. The number of aromatic nitrogens is 1. The number of nitrogens with zero attached hydrogens (tertiary/aromatic N) is 3. The number of carbonyl (C=O) groups is 2. The Morgan fingerprint density at radius 3 is 2.43 bits per heavy atom. The SMILES string of the molecule is O=C(CCCc1ccccc1)N1CCN(C(=O)c2csc(-c3ccc(Cl)s3)n2)CC1. The molecule has 2 aromatic heterocycles. The van der Waals surface area contributed by atoms with Gasteiger partial charge in [-0.1, -0.05) is 41.9 Å². The molecule has 156 valence electrons. The van der Waals surface area contributed by atoms with Gasteiger partial charge in [-0.2, -0.15) is 0 Å². The summed E-state index contributed by atoms with van der Waals surface area (Å²) in [6.45, 7) is 2.24. The van der Waals surface area contributed by atoms with Gasteiger partial charge in [-0.05, 0) is 30.5 Å². The van der Waals surface area contributed by atoms with Crippen LogP contribution >= 0.6 is 34.3 Å². The predicted molar refractivity (Wildman–Crippen MR) is 122 cm³/mol. The molecular formula is C22H22ClN3O2S2. The number of thiazole rings is 1. The Labute approximate surface area is 188 Å². The topological polar surface area (TPSA) is 53.5 Å². The minimum atomic E-state index is -0.0728. The molecule has 0 spiro atoms. The monoisotopic (exact) mass is 459 g/mol. The van der Waals surface area contributed by atoms with Crippen molar-refractivity contribution in [2.45, 2.75) is 19.3 Å². The van der Waals surface area contributed by atoms with Crippen LogP contribution in [0.4, 0.5) is 0 Å². The highest BCUT2D eigenvalue weighted by atomic mass is 35.5. The molecule has 0 atom stereocenters. The van der Waals surface area contributed by atoms with Crippen molar-refractivity contribution in [1.82, 2.24) is 14.8 Å². The van der Waals surface area contributed by atoms with Gasteiger partial charge in [0, 0.05) is 38.0 Å². The predicted octanol–water partition coefficient (Wildman–Crippen LogP) is 4.83. The van der Waals surface area contributed by atoms with E-state index >= 15 is 0 Å². The lowest BCUT2D eigenvalue weighted by atomic mass is 10.1. The van der Waals surface area contributed by atoms with Crippen molar-refractivity contribution in [2.24, 2.45) is 0 Å². The zero-order chi connectivity index (χ0) is 20.9. The van der Waals surface area contributed by atoms with Gasteiger partial charge in [0.05, 0.1) is 9.21 Å². The number of carbonyl (C=O) groups excluding carboxylic acids is 2. The van der Waals surface area contributed by atoms with Gasteiger partial charge in [-0.25, -0.2) is 4.98 Å². The van der Waals surface area contributed by atoms with E-state index in [1.807, 2.05) is 35.2 Å². The van der Waals surface area contributed by atoms with Gasteiger partial charge in [-0.3, -0.25) is 9.59 Å². The maximum Gasteiger partial charge on any atom is 0.273 e. The van der Waals surface area contributed by atoms with E-state index in [4.69, 9.17) is 11.6 Å². The molecule has 1 fully saturated rings. The number of piperazine rings is 1. The number of benzene rings is 1. The minimum Gasteiger partial charge on any atom is -0.339 e. The van der Waals surface area contributed by atoms with E-state index < -0.39 is 0 Å². The zero-order valence-electron chi connectivity index (χ0n) is 16.4. The first-order chi connectivity index (χ1) is 14.6. The van der Waals surface area contributed by atoms with E-state index in [1.165, 1.54) is 28.2 Å². The molecule has 0 N–H and O–H groups in total. The molecule has 0 radical (unpaired) electrons. The van der Waals surface area contributed by atoms with Crippen LogP contribution in [0.25, 0.3) is 9.88 Å². The third-order valence-corrected chi connectivity index (χ3v) is 7.37. The number of hydrogen-bond acceptors (Lipinski definition) is 5. The minimum absolute atomic E-state index is 0.0728. The smallest absolute Gasteiger partial charge is 0.273 e. The lowest BCUT2D eigenvalue weighted by molar-refractivity contribution is -0.132. The molecule has 30 heavy (non-hydrogen) atoms. The van der Waals surface area contributed by atoms with E-state index in [0.717, 1.165) is 22.7 Å². The van der Waals surface area contributed by atoms with Crippen molar-refractivity contribution < 1.29 is 9.59 Å². The summed E-state index contributed by atoms with van der Waals surface area (Å²) in [6.07, 6.45) is 2.30. The molecule has 1 aliphatic rings. The molecule has 1 saturated heterocycles. The molecule has 0 bridgehead atoms. The lowest BCUT2D eigenvalue weighted by Gasteiger charge is -2.34. The fourth-order valence-corrected chi connectivity index (χ4v) is 5.39. The summed E-state index contributed by atoms with van der Waals surface area (Å²) < 4.78 is 0.706. The Morgan fingerprint density at radius 1 is 1.00 bits per heavy atom. The van der Waals surface area contributed by atoms with E-state index in [0.29, 0.717) is 42.6 Å². The Balaban J connectivity index is 1.25. The number of aryl methyl sites for hydroxylation is 1. The third-order valence-electron chi connectivity index (χ3n) is 5.13. The van der Waals surface area contributed by atoms with Gasteiger partial charge in [0.15, 0.2) is 0 Å². The lowest BCUT2D eigenvalue weighted by Crippen LogP contribution is -2.50. The average molecular weight is 460 g/mol.